The Labute approximate surface area is 110 Å². The minimum atomic E-state index is 0.324. The molecular weight excluding hydrogens is 224 g/mol. The number of hydrogen-bond acceptors (Lipinski definition) is 3. The second-order valence-electron chi connectivity index (χ2n) is 5.35. The van der Waals surface area contributed by atoms with E-state index in [2.05, 4.69) is 31.3 Å². The van der Waals surface area contributed by atoms with Gasteiger partial charge in [-0.1, -0.05) is 18.6 Å². The largest absolute Gasteiger partial charge is 0.496 e. The molecule has 100 valence electrons. The van der Waals surface area contributed by atoms with Gasteiger partial charge in [-0.15, -0.1) is 0 Å². The van der Waals surface area contributed by atoms with Crippen molar-refractivity contribution in [3.63, 3.8) is 0 Å². The Bertz CT molecular complexity index is 394. The number of aryl methyl sites for hydroxylation is 2. The van der Waals surface area contributed by atoms with Crippen molar-refractivity contribution in [3.8, 4) is 5.75 Å². The van der Waals surface area contributed by atoms with Gasteiger partial charge >= 0.3 is 0 Å². The second-order valence-corrected chi connectivity index (χ2v) is 5.35. The van der Waals surface area contributed by atoms with E-state index in [0.717, 1.165) is 18.7 Å². The number of nitrogens with one attached hydrogen (secondary N) is 1. The van der Waals surface area contributed by atoms with Gasteiger partial charge in [0.05, 0.1) is 7.11 Å². The molecule has 1 aliphatic carbocycles. The normalized spacial score (nSPS) is 23.3. The third-order valence-corrected chi connectivity index (χ3v) is 3.86. The lowest BCUT2D eigenvalue weighted by atomic mass is 10.0. The van der Waals surface area contributed by atoms with Crippen LogP contribution in [-0.4, -0.2) is 19.2 Å². The molecule has 0 amide bonds. The van der Waals surface area contributed by atoms with Gasteiger partial charge in [0.1, 0.15) is 5.75 Å². The highest BCUT2D eigenvalue weighted by Crippen LogP contribution is 2.24. The molecule has 1 aromatic rings. The first kappa shape index (κ1) is 13.4. The summed E-state index contributed by atoms with van der Waals surface area (Å²) in [5.74, 6) is 0.997. The molecule has 3 nitrogen and oxygen atoms in total. The van der Waals surface area contributed by atoms with Crippen LogP contribution in [0.4, 0.5) is 0 Å². The second kappa shape index (κ2) is 5.72. The maximum atomic E-state index is 6.07. The topological polar surface area (TPSA) is 47.3 Å². The average Bonchev–Trinajstić information content (AvgIpc) is 2.72. The molecule has 3 heteroatoms. The summed E-state index contributed by atoms with van der Waals surface area (Å²) in [7, 11) is 1.73. The van der Waals surface area contributed by atoms with Gasteiger partial charge in [0.25, 0.3) is 0 Å². The first-order valence-electron chi connectivity index (χ1n) is 6.75. The van der Waals surface area contributed by atoms with Crippen molar-refractivity contribution in [1.29, 1.82) is 0 Å². The molecule has 0 saturated heterocycles. The molecule has 18 heavy (non-hydrogen) atoms. The van der Waals surface area contributed by atoms with E-state index in [1.165, 1.54) is 29.5 Å². The summed E-state index contributed by atoms with van der Waals surface area (Å²) in [5, 5.41) is 3.57. The highest BCUT2D eigenvalue weighted by Gasteiger charge is 2.22. The first-order valence-corrected chi connectivity index (χ1v) is 6.75. The fraction of sp³-hybridized carbons (Fsp3) is 0.600. The van der Waals surface area contributed by atoms with Gasteiger partial charge in [-0.25, -0.2) is 0 Å². The molecule has 2 rings (SSSR count). The molecule has 0 bridgehead atoms. The molecule has 0 aromatic heterocycles. The summed E-state index contributed by atoms with van der Waals surface area (Å²) in [6.07, 6.45) is 3.60. The molecule has 3 N–H and O–H groups in total. The van der Waals surface area contributed by atoms with Crippen LogP contribution in [-0.2, 0) is 6.54 Å². The summed E-state index contributed by atoms with van der Waals surface area (Å²) in [6, 6.07) is 5.19. The van der Waals surface area contributed by atoms with Crippen LogP contribution in [0.1, 0.15) is 36.0 Å². The van der Waals surface area contributed by atoms with Crippen LogP contribution in [0, 0.1) is 13.8 Å². The summed E-state index contributed by atoms with van der Waals surface area (Å²) in [6.45, 7) is 5.08. The first-order chi connectivity index (χ1) is 8.61. The summed E-state index contributed by atoms with van der Waals surface area (Å²) in [4.78, 5) is 0. The van der Waals surface area contributed by atoms with Gasteiger partial charge < -0.3 is 15.8 Å². The van der Waals surface area contributed by atoms with Gasteiger partial charge in [-0.05, 0) is 43.4 Å². The third kappa shape index (κ3) is 2.85. The van der Waals surface area contributed by atoms with Crippen molar-refractivity contribution in [2.24, 2.45) is 5.73 Å². The standard InChI is InChI=1S/C15H24N2O/c1-10-7-12(8-11(2)15(10)18-3)9-17-14-6-4-5-13(14)16/h7-8,13-14,17H,4-6,9,16H2,1-3H3. The van der Waals surface area contributed by atoms with Crippen molar-refractivity contribution in [3.05, 3.63) is 28.8 Å². The average molecular weight is 248 g/mol. The minimum Gasteiger partial charge on any atom is -0.496 e. The van der Waals surface area contributed by atoms with Gasteiger partial charge in [-0.2, -0.15) is 0 Å². The zero-order valence-corrected chi connectivity index (χ0v) is 11.6. The Morgan fingerprint density at radius 2 is 1.94 bits per heavy atom. The predicted octanol–water partition coefficient (Wildman–Crippen LogP) is 2.28. The highest BCUT2D eigenvalue weighted by molar-refractivity contribution is 5.43. The number of rotatable bonds is 4. The lowest BCUT2D eigenvalue weighted by molar-refractivity contribution is 0.408. The Kier molecular flexibility index (Phi) is 4.25. The lowest BCUT2D eigenvalue weighted by Gasteiger charge is -2.18. The molecule has 1 aromatic carbocycles. The fourth-order valence-corrected chi connectivity index (χ4v) is 2.96. The molecule has 1 saturated carbocycles. The van der Waals surface area contributed by atoms with Gasteiger partial charge in [0.15, 0.2) is 0 Å². The molecule has 1 aliphatic rings. The smallest absolute Gasteiger partial charge is 0.124 e. The van der Waals surface area contributed by atoms with E-state index >= 15 is 0 Å². The van der Waals surface area contributed by atoms with Gasteiger partial charge in [0, 0.05) is 18.6 Å². The number of benzene rings is 1. The van der Waals surface area contributed by atoms with Crippen LogP contribution in [0.2, 0.25) is 0 Å². The quantitative estimate of drug-likeness (QED) is 0.859. The lowest BCUT2D eigenvalue weighted by Crippen LogP contribution is -2.40. The summed E-state index contributed by atoms with van der Waals surface area (Å²) >= 11 is 0. The van der Waals surface area contributed by atoms with Gasteiger partial charge in [0.2, 0.25) is 0 Å². The maximum Gasteiger partial charge on any atom is 0.124 e. The predicted molar refractivity (Wildman–Crippen MR) is 74.9 cm³/mol. The zero-order chi connectivity index (χ0) is 13.1. The number of ether oxygens (including phenoxy) is 1. The van der Waals surface area contributed by atoms with Crippen molar-refractivity contribution >= 4 is 0 Å². The molecule has 0 aliphatic heterocycles. The number of nitrogens with two attached hydrogens (primary N) is 1. The Morgan fingerprint density at radius 3 is 2.44 bits per heavy atom. The van der Waals surface area contributed by atoms with Crippen LogP contribution in [0.5, 0.6) is 5.75 Å². The van der Waals surface area contributed by atoms with Crippen molar-refractivity contribution < 1.29 is 4.74 Å². The van der Waals surface area contributed by atoms with Gasteiger partial charge in [-0.3, -0.25) is 0 Å². The zero-order valence-electron chi connectivity index (χ0n) is 11.6. The van der Waals surface area contributed by atoms with Crippen LogP contribution < -0.4 is 15.8 Å². The molecule has 2 unspecified atom stereocenters. The molecule has 2 atom stereocenters. The van der Waals surface area contributed by atoms with Crippen LogP contribution >= 0.6 is 0 Å². The fourth-order valence-electron chi connectivity index (χ4n) is 2.96. The highest BCUT2D eigenvalue weighted by atomic mass is 16.5. The van der Waals surface area contributed by atoms with E-state index in [-0.39, 0.29) is 0 Å². The van der Waals surface area contributed by atoms with E-state index in [4.69, 9.17) is 10.5 Å². The van der Waals surface area contributed by atoms with E-state index in [0.29, 0.717) is 12.1 Å². The van der Waals surface area contributed by atoms with Crippen LogP contribution in [0.15, 0.2) is 12.1 Å². The SMILES string of the molecule is COc1c(C)cc(CNC2CCCC2N)cc1C. The van der Waals surface area contributed by atoms with E-state index in [9.17, 15) is 0 Å². The number of methoxy groups -OCH3 is 1. The van der Waals surface area contributed by atoms with Crippen LogP contribution in [0.3, 0.4) is 0 Å². The molecule has 1 fully saturated rings. The molecule has 0 heterocycles. The summed E-state index contributed by atoms with van der Waals surface area (Å²) in [5.41, 5.74) is 9.77. The van der Waals surface area contributed by atoms with Crippen molar-refractivity contribution in [2.75, 3.05) is 7.11 Å². The molecular formula is C15H24N2O. The van der Waals surface area contributed by atoms with E-state index < -0.39 is 0 Å². The Hall–Kier alpha value is -1.06. The maximum absolute atomic E-state index is 6.07. The van der Waals surface area contributed by atoms with Crippen LogP contribution in [0.25, 0.3) is 0 Å². The van der Waals surface area contributed by atoms with E-state index in [1.807, 2.05) is 0 Å². The van der Waals surface area contributed by atoms with Crippen molar-refractivity contribution in [1.82, 2.24) is 5.32 Å². The summed E-state index contributed by atoms with van der Waals surface area (Å²) < 4.78 is 5.39. The Balaban J connectivity index is 2.01. The molecule has 0 spiro atoms. The number of hydrogen-bond donors (Lipinski definition) is 2. The third-order valence-electron chi connectivity index (χ3n) is 3.86. The van der Waals surface area contributed by atoms with Crippen molar-refractivity contribution in [2.45, 2.75) is 51.7 Å². The monoisotopic (exact) mass is 248 g/mol. The Morgan fingerprint density at radius 1 is 1.28 bits per heavy atom. The molecule has 0 radical (unpaired) electrons. The minimum absolute atomic E-state index is 0.324. The van der Waals surface area contributed by atoms with E-state index in [1.54, 1.807) is 7.11 Å².